The molecule has 8 heteroatoms. The van der Waals surface area contributed by atoms with Crippen LogP contribution >= 0.6 is 0 Å². The van der Waals surface area contributed by atoms with E-state index < -0.39 is 23.5 Å². The second kappa shape index (κ2) is 14.2. The maximum Gasteiger partial charge on any atom is 0.416 e. The zero-order valence-corrected chi connectivity index (χ0v) is 31.6. The molecule has 9 aromatic carbocycles. The van der Waals surface area contributed by atoms with Gasteiger partial charge in [-0.1, -0.05) is 115 Å². The van der Waals surface area contributed by atoms with Crippen LogP contribution < -0.4 is 4.90 Å². The Morgan fingerprint density at radius 3 is 1.32 bits per heavy atom. The van der Waals surface area contributed by atoms with Crippen molar-refractivity contribution in [2.75, 3.05) is 4.90 Å². The lowest BCUT2D eigenvalue weighted by Gasteiger charge is -2.29. The minimum Gasteiger partial charge on any atom is -0.310 e. The quantitative estimate of drug-likeness (QED) is 0.120. The molecule has 0 aliphatic rings. The fraction of sp³-hybridized carbons (Fsp3) is 0.0385. The number of rotatable bonds is 6. The van der Waals surface area contributed by atoms with Crippen molar-refractivity contribution in [3.05, 3.63) is 205 Å². The molecule has 292 valence electrons. The van der Waals surface area contributed by atoms with Gasteiger partial charge in [0.2, 0.25) is 0 Å². The predicted molar refractivity (Wildman–Crippen MR) is 231 cm³/mol. The molecule has 0 spiro atoms. The van der Waals surface area contributed by atoms with E-state index in [9.17, 15) is 26.3 Å². The number of benzene rings is 9. The van der Waals surface area contributed by atoms with Crippen LogP contribution in [0.15, 0.2) is 194 Å². The van der Waals surface area contributed by atoms with E-state index in [2.05, 4.69) is 58.0 Å². The molecule has 10 rings (SSSR count). The molecule has 0 bridgehead atoms. The summed E-state index contributed by atoms with van der Waals surface area (Å²) in [7, 11) is 0. The molecule has 0 saturated carbocycles. The number of fused-ring (bicyclic) bond motifs is 5. The highest BCUT2D eigenvalue weighted by Crippen LogP contribution is 2.50. The lowest BCUT2D eigenvalue weighted by Crippen LogP contribution is -2.11. The van der Waals surface area contributed by atoms with Crippen LogP contribution in [0.25, 0.3) is 71.3 Å². The number of halogens is 6. The van der Waals surface area contributed by atoms with Crippen molar-refractivity contribution < 1.29 is 26.3 Å². The zero-order valence-electron chi connectivity index (χ0n) is 31.6. The summed E-state index contributed by atoms with van der Waals surface area (Å²) in [5.74, 6) is 0. The number of hydrogen-bond donors (Lipinski definition) is 0. The molecule has 0 amide bonds. The summed E-state index contributed by atoms with van der Waals surface area (Å²) >= 11 is 0. The van der Waals surface area contributed by atoms with Gasteiger partial charge < -0.3 is 9.47 Å². The van der Waals surface area contributed by atoms with Gasteiger partial charge in [-0.25, -0.2) is 0 Å². The Kier molecular flexibility index (Phi) is 8.75. The largest absolute Gasteiger partial charge is 0.416 e. The number of hydrogen-bond acceptors (Lipinski definition) is 1. The van der Waals surface area contributed by atoms with Gasteiger partial charge in [-0.05, 0) is 117 Å². The minimum absolute atomic E-state index is 0.561. The fourth-order valence-corrected chi connectivity index (χ4v) is 8.61. The Labute approximate surface area is 340 Å². The molecule has 1 heterocycles. The first kappa shape index (κ1) is 37.0. The van der Waals surface area contributed by atoms with E-state index in [1.807, 2.05) is 97.1 Å². The first-order valence-corrected chi connectivity index (χ1v) is 19.3. The van der Waals surface area contributed by atoms with Crippen molar-refractivity contribution >= 4 is 60.4 Å². The van der Waals surface area contributed by atoms with Crippen molar-refractivity contribution in [2.45, 2.75) is 12.4 Å². The summed E-state index contributed by atoms with van der Waals surface area (Å²) in [5.41, 5.74) is 6.50. The topological polar surface area (TPSA) is 8.17 Å². The summed E-state index contributed by atoms with van der Waals surface area (Å²) in [6, 6.07) is 58.3. The SMILES string of the molecule is FC(F)(F)c1ccc(-c2c3ccccc3c(-c3ccc(C(F)(F)F)cc3)c3c(N(c4ccccc4)c4ccc(-n5c6ccccc6c6ccccc65)cc4)cccc23)cc1. The number of anilines is 3. The van der Waals surface area contributed by atoms with E-state index >= 15 is 0 Å². The predicted octanol–water partition coefficient (Wildman–Crippen LogP) is 15.9. The Balaban J connectivity index is 1.25. The van der Waals surface area contributed by atoms with Crippen molar-refractivity contribution in [2.24, 2.45) is 0 Å². The van der Waals surface area contributed by atoms with E-state index in [4.69, 9.17) is 0 Å². The monoisotopic (exact) mass is 798 g/mol. The highest BCUT2D eigenvalue weighted by Gasteiger charge is 2.32. The Bertz CT molecular complexity index is 3150. The standard InChI is InChI=1S/C52H32F6N2/c53-51(54,55)35-25-21-33(22-26-35)48-42-15-4-5-16-43(42)49(34-23-27-36(28-24-34)52(56,57)58)50-44(48)17-10-20-47(50)59(37-11-2-1-3-12-37)38-29-31-39(32-30-38)60-45-18-8-6-13-40(45)41-14-7-9-19-46(41)60/h1-32H. The lowest BCUT2D eigenvalue weighted by molar-refractivity contribution is -0.138. The molecule has 10 aromatic rings. The molecule has 0 N–H and O–H groups in total. The molecule has 0 aliphatic carbocycles. The van der Waals surface area contributed by atoms with Crippen molar-refractivity contribution in [1.29, 1.82) is 0 Å². The van der Waals surface area contributed by atoms with Crippen LogP contribution in [0.5, 0.6) is 0 Å². The average Bonchev–Trinajstić information content (AvgIpc) is 3.60. The molecule has 0 fully saturated rings. The Hall–Kier alpha value is -7.32. The maximum atomic E-state index is 13.9. The summed E-state index contributed by atoms with van der Waals surface area (Å²) in [6.07, 6.45) is -9.05. The molecule has 0 aliphatic heterocycles. The van der Waals surface area contributed by atoms with E-state index in [-0.39, 0.29) is 0 Å². The van der Waals surface area contributed by atoms with Crippen LogP contribution in [0, 0.1) is 0 Å². The second-order valence-corrected chi connectivity index (χ2v) is 14.7. The van der Waals surface area contributed by atoms with Crippen LogP contribution in [0.1, 0.15) is 11.1 Å². The maximum absolute atomic E-state index is 13.9. The van der Waals surface area contributed by atoms with E-state index in [0.717, 1.165) is 90.4 Å². The number of aromatic nitrogens is 1. The molecule has 1 aromatic heterocycles. The molecule has 0 radical (unpaired) electrons. The molecular formula is C52H32F6N2. The summed E-state index contributed by atoms with van der Waals surface area (Å²) in [6.45, 7) is 0. The zero-order chi connectivity index (χ0) is 41.2. The van der Waals surface area contributed by atoms with Crippen LogP contribution in [-0.4, -0.2) is 4.57 Å². The number of nitrogens with zero attached hydrogens (tertiary/aromatic N) is 2. The van der Waals surface area contributed by atoms with Gasteiger partial charge in [-0.15, -0.1) is 0 Å². The molecule has 0 atom stereocenters. The summed E-state index contributed by atoms with van der Waals surface area (Å²) in [5, 5.41) is 5.22. The Morgan fingerprint density at radius 2 is 0.783 bits per heavy atom. The van der Waals surface area contributed by atoms with Gasteiger partial charge in [-0.2, -0.15) is 26.3 Å². The van der Waals surface area contributed by atoms with E-state index in [0.29, 0.717) is 22.3 Å². The van der Waals surface area contributed by atoms with Gasteiger partial charge in [0.25, 0.3) is 0 Å². The van der Waals surface area contributed by atoms with Gasteiger partial charge in [0.15, 0.2) is 0 Å². The van der Waals surface area contributed by atoms with Crippen molar-refractivity contribution in [1.82, 2.24) is 4.57 Å². The van der Waals surface area contributed by atoms with Gasteiger partial charge in [0.05, 0.1) is 27.8 Å². The van der Waals surface area contributed by atoms with Gasteiger partial charge >= 0.3 is 12.4 Å². The average molecular weight is 799 g/mol. The van der Waals surface area contributed by atoms with E-state index in [1.54, 1.807) is 0 Å². The van der Waals surface area contributed by atoms with Crippen LogP contribution in [-0.2, 0) is 12.4 Å². The molecule has 0 saturated heterocycles. The molecular weight excluding hydrogens is 767 g/mol. The third-order valence-corrected chi connectivity index (χ3v) is 11.2. The summed E-state index contributed by atoms with van der Waals surface area (Å²) in [4.78, 5) is 2.12. The third-order valence-electron chi connectivity index (χ3n) is 11.2. The van der Waals surface area contributed by atoms with Gasteiger partial charge in [0.1, 0.15) is 0 Å². The van der Waals surface area contributed by atoms with Crippen LogP contribution in [0.4, 0.5) is 43.4 Å². The van der Waals surface area contributed by atoms with Gasteiger partial charge in [0, 0.05) is 33.2 Å². The molecule has 0 unspecified atom stereocenters. The Morgan fingerprint density at radius 1 is 0.350 bits per heavy atom. The molecule has 2 nitrogen and oxygen atoms in total. The van der Waals surface area contributed by atoms with Gasteiger partial charge in [-0.3, -0.25) is 0 Å². The van der Waals surface area contributed by atoms with E-state index in [1.165, 1.54) is 24.3 Å². The van der Waals surface area contributed by atoms with Crippen molar-refractivity contribution in [3.8, 4) is 27.9 Å². The smallest absolute Gasteiger partial charge is 0.310 e. The molecule has 60 heavy (non-hydrogen) atoms. The second-order valence-electron chi connectivity index (χ2n) is 14.7. The first-order chi connectivity index (χ1) is 29.1. The van der Waals surface area contributed by atoms with Crippen molar-refractivity contribution in [3.63, 3.8) is 0 Å². The minimum atomic E-state index is -4.53. The normalized spacial score (nSPS) is 12.2. The third kappa shape index (κ3) is 6.23. The number of para-hydroxylation sites is 3. The number of alkyl halides is 6. The highest BCUT2D eigenvalue weighted by molar-refractivity contribution is 6.25. The first-order valence-electron chi connectivity index (χ1n) is 19.3. The highest BCUT2D eigenvalue weighted by atomic mass is 19.4. The lowest BCUT2D eigenvalue weighted by atomic mass is 9.84. The fourth-order valence-electron chi connectivity index (χ4n) is 8.61. The van der Waals surface area contributed by atoms with Crippen LogP contribution in [0.3, 0.4) is 0 Å². The van der Waals surface area contributed by atoms with Crippen LogP contribution in [0.2, 0.25) is 0 Å². The summed E-state index contributed by atoms with van der Waals surface area (Å²) < 4.78 is 85.4.